The highest BCUT2D eigenvalue weighted by Crippen LogP contribution is 2.24. The van der Waals surface area contributed by atoms with Crippen molar-refractivity contribution in [3.8, 4) is 5.75 Å². The van der Waals surface area contributed by atoms with Gasteiger partial charge in [-0.1, -0.05) is 6.07 Å². The largest absolute Gasteiger partial charge is 0.573 e. The molecule has 1 heterocycles. The summed E-state index contributed by atoms with van der Waals surface area (Å²) in [5.41, 5.74) is 1.68. The zero-order valence-corrected chi connectivity index (χ0v) is 15.6. The quantitative estimate of drug-likeness (QED) is 0.839. The van der Waals surface area contributed by atoms with E-state index in [4.69, 9.17) is 4.74 Å². The monoisotopic (exact) mass is 408 g/mol. The lowest BCUT2D eigenvalue weighted by Crippen LogP contribution is -2.41. The van der Waals surface area contributed by atoms with Crippen molar-refractivity contribution in [1.82, 2.24) is 4.90 Å². The Morgan fingerprint density at radius 3 is 2.34 bits per heavy atom. The van der Waals surface area contributed by atoms with E-state index in [0.29, 0.717) is 43.1 Å². The maximum absolute atomic E-state index is 12.7. The molecule has 29 heavy (non-hydrogen) atoms. The Morgan fingerprint density at radius 1 is 1.07 bits per heavy atom. The van der Waals surface area contributed by atoms with Crippen LogP contribution in [0.25, 0.3) is 0 Å². The van der Waals surface area contributed by atoms with E-state index in [2.05, 4.69) is 10.1 Å². The van der Waals surface area contributed by atoms with E-state index in [0.717, 1.165) is 12.1 Å². The molecule has 0 saturated carbocycles. The third-order valence-electron chi connectivity index (χ3n) is 4.46. The molecule has 0 bridgehead atoms. The maximum Gasteiger partial charge on any atom is 0.573 e. The minimum Gasteiger partial charge on any atom is -0.406 e. The molecule has 0 atom stereocenters. The van der Waals surface area contributed by atoms with Crippen LogP contribution in [-0.2, 0) is 4.74 Å². The Labute approximate surface area is 165 Å². The fourth-order valence-corrected chi connectivity index (χ4v) is 2.94. The van der Waals surface area contributed by atoms with Crippen molar-refractivity contribution in [2.45, 2.75) is 13.3 Å². The van der Waals surface area contributed by atoms with Crippen molar-refractivity contribution in [2.24, 2.45) is 0 Å². The molecule has 1 fully saturated rings. The van der Waals surface area contributed by atoms with E-state index in [1.54, 1.807) is 30.0 Å². The van der Waals surface area contributed by atoms with Gasteiger partial charge >= 0.3 is 6.36 Å². The molecule has 6 nitrogen and oxygen atoms in total. The number of nitrogens with zero attached hydrogens (tertiary/aromatic N) is 1. The molecule has 1 aliphatic rings. The zero-order chi connectivity index (χ0) is 21.0. The van der Waals surface area contributed by atoms with Crippen LogP contribution in [0.15, 0.2) is 42.5 Å². The summed E-state index contributed by atoms with van der Waals surface area (Å²) < 4.78 is 45.7. The Hall–Kier alpha value is -3.07. The smallest absolute Gasteiger partial charge is 0.406 e. The molecule has 3 rings (SSSR count). The molecule has 0 aromatic heterocycles. The van der Waals surface area contributed by atoms with Gasteiger partial charge in [0.1, 0.15) is 5.75 Å². The third-order valence-corrected chi connectivity index (χ3v) is 4.46. The number of benzene rings is 2. The summed E-state index contributed by atoms with van der Waals surface area (Å²) in [6.07, 6.45) is -4.80. The van der Waals surface area contributed by atoms with Gasteiger partial charge < -0.3 is 19.7 Å². The van der Waals surface area contributed by atoms with Crippen molar-refractivity contribution >= 4 is 17.5 Å². The molecule has 0 spiro atoms. The number of morpholine rings is 1. The van der Waals surface area contributed by atoms with Crippen molar-refractivity contribution in [1.29, 1.82) is 0 Å². The van der Waals surface area contributed by atoms with Crippen LogP contribution in [-0.4, -0.2) is 49.4 Å². The fraction of sp³-hybridized carbons (Fsp3) is 0.300. The minimum absolute atomic E-state index is 0.143. The summed E-state index contributed by atoms with van der Waals surface area (Å²) in [5, 5.41) is 2.70. The Bertz CT molecular complexity index is 892. The van der Waals surface area contributed by atoms with Crippen molar-refractivity contribution < 1.29 is 32.2 Å². The lowest BCUT2D eigenvalue weighted by molar-refractivity contribution is -0.274. The first-order valence-electron chi connectivity index (χ1n) is 8.88. The van der Waals surface area contributed by atoms with Crippen LogP contribution in [0.5, 0.6) is 5.75 Å². The van der Waals surface area contributed by atoms with Crippen LogP contribution in [0.2, 0.25) is 0 Å². The summed E-state index contributed by atoms with van der Waals surface area (Å²) in [7, 11) is 0. The summed E-state index contributed by atoms with van der Waals surface area (Å²) in [5.74, 6) is -1.07. The minimum atomic E-state index is -4.80. The van der Waals surface area contributed by atoms with Gasteiger partial charge in [-0.2, -0.15) is 0 Å². The number of halogens is 3. The molecule has 0 aliphatic carbocycles. The van der Waals surface area contributed by atoms with Crippen LogP contribution >= 0.6 is 0 Å². The molecular formula is C20H19F3N2O4. The van der Waals surface area contributed by atoms with Crippen LogP contribution in [0, 0.1) is 6.92 Å². The number of rotatable bonds is 4. The number of hydrogen-bond donors (Lipinski definition) is 1. The second-order valence-corrected chi connectivity index (χ2v) is 6.41. The highest BCUT2D eigenvalue weighted by Gasteiger charge is 2.31. The second-order valence-electron chi connectivity index (χ2n) is 6.41. The molecule has 154 valence electrons. The summed E-state index contributed by atoms with van der Waals surface area (Å²) in [4.78, 5) is 26.9. The van der Waals surface area contributed by atoms with E-state index in [1.165, 1.54) is 12.1 Å². The van der Waals surface area contributed by atoms with Crippen molar-refractivity contribution in [2.75, 3.05) is 31.6 Å². The molecule has 1 aliphatic heterocycles. The molecule has 0 unspecified atom stereocenters. The molecule has 2 amide bonds. The average Bonchev–Trinajstić information content (AvgIpc) is 2.69. The number of ether oxygens (including phenoxy) is 2. The van der Waals surface area contributed by atoms with Gasteiger partial charge in [-0.3, -0.25) is 9.59 Å². The normalized spacial score (nSPS) is 14.4. The standard InChI is InChI=1S/C20H19F3N2O4/c1-13-16(19(27)25-9-11-28-12-10-25)3-2-4-17(13)24-18(26)14-5-7-15(8-6-14)29-20(21,22)23/h2-8H,9-12H2,1H3,(H,24,26). The van der Waals surface area contributed by atoms with E-state index >= 15 is 0 Å². The van der Waals surface area contributed by atoms with Gasteiger partial charge in [-0.25, -0.2) is 0 Å². The fourth-order valence-electron chi connectivity index (χ4n) is 2.94. The van der Waals surface area contributed by atoms with Gasteiger partial charge in [0.2, 0.25) is 0 Å². The third kappa shape index (κ3) is 5.26. The highest BCUT2D eigenvalue weighted by atomic mass is 19.4. The SMILES string of the molecule is Cc1c(NC(=O)c2ccc(OC(F)(F)F)cc2)cccc1C(=O)N1CCOCC1. The lowest BCUT2D eigenvalue weighted by Gasteiger charge is -2.27. The van der Waals surface area contributed by atoms with Crippen LogP contribution in [0.4, 0.5) is 18.9 Å². The molecular weight excluding hydrogens is 389 g/mol. The average molecular weight is 408 g/mol. The van der Waals surface area contributed by atoms with Crippen LogP contribution in [0.3, 0.4) is 0 Å². The van der Waals surface area contributed by atoms with Crippen LogP contribution < -0.4 is 10.1 Å². The Kier molecular flexibility index (Phi) is 6.07. The predicted octanol–water partition coefficient (Wildman–Crippen LogP) is 3.62. The second kappa shape index (κ2) is 8.52. The van der Waals surface area contributed by atoms with Gasteiger partial charge in [0, 0.05) is 29.9 Å². The van der Waals surface area contributed by atoms with E-state index in [1.807, 2.05) is 0 Å². The Balaban J connectivity index is 1.73. The number of amides is 2. The van der Waals surface area contributed by atoms with Gasteiger partial charge in [0.05, 0.1) is 13.2 Å². The van der Waals surface area contributed by atoms with Gasteiger partial charge in [-0.15, -0.1) is 13.2 Å². The van der Waals surface area contributed by atoms with E-state index in [-0.39, 0.29) is 11.5 Å². The maximum atomic E-state index is 12.7. The highest BCUT2D eigenvalue weighted by molar-refractivity contribution is 6.06. The number of anilines is 1. The first-order chi connectivity index (χ1) is 13.7. The summed E-state index contributed by atoms with van der Waals surface area (Å²) in [6.45, 7) is 3.69. The zero-order valence-electron chi connectivity index (χ0n) is 15.6. The lowest BCUT2D eigenvalue weighted by atomic mass is 10.0. The number of hydrogen-bond acceptors (Lipinski definition) is 4. The van der Waals surface area contributed by atoms with E-state index < -0.39 is 18.0 Å². The van der Waals surface area contributed by atoms with Crippen molar-refractivity contribution in [3.63, 3.8) is 0 Å². The molecule has 9 heteroatoms. The van der Waals surface area contributed by atoms with Gasteiger partial charge in [0.15, 0.2) is 0 Å². The first-order valence-corrected chi connectivity index (χ1v) is 8.88. The Morgan fingerprint density at radius 2 is 1.72 bits per heavy atom. The first kappa shape index (κ1) is 20.7. The number of carbonyl (C=O) groups excluding carboxylic acids is 2. The molecule has 2 aromatic carbocycles. The predicted molar refractivity (Wildman–Crippen MR) is 99.0 cm³/mol. The number of carbonyl (C=O) groups is 2. The van der Waals surface area contributed by atoms with Gasteiger partial charge in [-0.05, 0) is 48.9 Å². The summed E-state index contributed by atoms with van der Waals surface area (Å²) in [6, 6.07) is 9.59. The summed E-state index contributed by atoms with van der Waals surface area (Å²) >= 11 is 0. The molecule has 1 N–H and O–H groups in total. The van der Waals surface area contributed by atoms with Gasteiger partial charge in [0.25, 0.3) is 11.8 Å². The topological polar surface area (TPSA) is 67.9 Å². The number of alkyl halides is 3. The molecule has 1 saturated heterocycles. The van der Waals surface area contributed by atoms with Crippen molar-refractivity contribution in [3.05, 3.63) is 59.2 Å². The number of nitrogens with one attached hydrogen (secondary N) is 1. The molecule has 2 aromatic rings. The molecule has 0 radical (unpaired) electrons. The van der Waals surface area contributed by atoms with Crippen LogP contribution in [0.1, 0.15) is 26.3 Å². The van der Waals surface area contributed by atoms with E-state index in [9.17, 15) is 22.8 Å².